The van der Waals surface area contributed by atoms with Crippen molar-refractivity contribution in [3.8, 4) is 12.3 Å². The number of alkyl halides is 3. The maximum atomic E-state index is 13.7. The second kappa shape index (κ2) is 14.0. The lowest BCUT2D eigenvalue weighted by atomic mass is 9.92. The van der Waals surface area contributed by atoms with Gasteiger partial charge in [-0.25, -0.2) is 9.80 Å². The van der Waals surface area contributed by atoms with E-state index in [0.717, 1.165) is 23.9 Å². The van der Waals surface area contributed by atoms with E-state index in [4.69, 9.17) is 6.42 Å². The van der Waals surface area contributed by atoms with Crippen LogP contribution >= 0.6 is 0 Å². The topological polar surface area (TPSA) is 65.3 Å². The van der Waals surface area contributed by atoms with Gasteiger partial charge in [0.25, 0.3) is 0 Å². The molecule has 0 radical (unpaired) electrons. The zero-order valence-electron chi connectivity index (χ0n) is 20.6. The Morgan fingerprint density at radius 2 is 2.00 bits per heavy atom. The van der Waals surface area contributed by atoms with E-state index in [-0.39, 0.29) is 17.1 Å². The van der Waals surface area contributed by atoms with Crippen LogP contribution in [0, 0.1) is 18.3 Å². The van der Waals surface area contributed by atoms with Gasteiger partial charge in [0.15, 0.2) is 0 Å². The molecule has 0 aliphatic carbocycles. The van der Waals surface area contributed by atoms with Gasteiger partial charge in [-0.3, -0.25) is 4.99 Å². The van der Waals surface area contributed by atoms with Gasteiger partial charge in [-0.15, -0.1) is 6.42 Å². The molecule has 1 aromatic rings. The minimum absolute atomic E-state index is 0.00339. The van der Waals surface area contributed by atoms with Crippen LogP contribution in [0.2, 0.25) is 0 Å². The van der Waals surface area contributed by atoms with Gasteiger partial charge in [-0.2, -0.15) is 18.3 Å². The Morgan fingerprint density at radius 1 is 1.31 bits per heavy atom. The Morgan fingerprint density at radius 3 is 2.49 bits per heavy atom. The number of nitrogens with zero attached hydrogens (tertiary/aromatic N) is 3. The van der Waals surface area contributed by atoms with E-state index >= 15 is 0 Å². The van der Waals surface area contributed by atoms with E-state index < -0.39 is 17.7 Å². The Bertz CT molecular complexity index is 1060. The highest BCUT2D eigenvalue weighted by Crippen LogP contribution is 2.32. The number of hydrogen-bond acceptors (Lipinski definition) is 4. The average molecular weight is 488 g/mol. The molecule has 188 valence electrons. The van der Waals surface area contributed by atoms with Crippen LogP contribution in [-0.4, -0.2) is 28.0 Å². The fourth-order valence-electron chi connectivity index (χ4n) is 3.12. The molecular weight excluding hydrogens is 455 g/mol. The highest BCUT2D eigenvalue weighted by atomic mass is 19.4. The number of terminal acetylenes is 1. The molecule has 1 N–H and O–H groups in total. The van der Waals surface area contributed by atoms with Crippen LogP contribution in [-0.2, 0) is 17.4 Å². The average Bonchev–Trinajstić information content (AvgIpc) is 2.82. The Hall–Kier alpha value is -3.60. The first-order valence-corrected chi connectivity index (χ1v) is 11.3. The van der Waals surface area contributed by atoms with Gasteiger partial charge in [0, 0.05) is 30.7 Å². The van der Waals surface area contributed by atoms with Crippen molar-refractivity contribution >= 4 is 17.9 Å². The smallest absolute Gasteiger partial charge is 0.416 e. The highest BCUT2D eigenvalue weighted by Gasteiger charge is 2.32. The summed E-state index contributed by atoms with van der Waals surface area (Å²) in [4.78, 5) is 15.7. The number of carbonyl (C=O) groups is 1. The predicted molar refractivity (Wildman–Crippen MR) is 135 cm³/mol. The van der Waals surface area contributed by atoms with Crippen molar-refractivity contribution in [1.29, 1.82) is 0 Å². The molecular formula is C27H32F3N3O2. The molecule has 0 saturated heterocycles. The number of carboxylic acids is 1. The fraction of sp³-hybridized carbons (Fsp3) is 0.370. The first kappa shape index (κ1) is 29.4. The largest absolute Gasteiger partial charge is 0.478 e. The van der Waals surface area contributed by atoms with E-state index in [2.05, 4.69) is 22.6 Å². The Kier molecular flexibility index (Phi) is 11.7. The minimum Gasteiger partial charge on any atom is -0.478 e. The summed E-state index contributed by atoms with van der Waals surface area (Å²) < 4.78 is 41.0. The van der Waals surface area contributed by atoms with Crippen LogP contribution in [0.5, 0.6) is 0 Å². The molecule has 0 aliphatic heterocycles. The molecule has 0 fully saturated rings. The second-order valence-corrected chi connectivity index (χ2v) is 7.82. The Labute approximate surface area is 205 Å². The van der Waals surface area contributed by atoms with Gasteiger partial charge in [0.05, 0.1) is 22.4 Å². The third kappa shape index (κ3) is 8.93. The first-order valence-electron chi connectivity index (χ1n) is 11.3. The Balaban J connectivity index is 3.76. The van der Waals surface area contributed by atoms with E-state index in [9.17, 15) is 23.1 Å². The zero-order valence-corrected chi connectivity index (χ0v) is 20.6. The van der Waals surface area contributed by atoms with Crippen molar-refractivity contribution < 1.29 is 23.1 Å². The van der Waals surface area contributed by atoms with Crippen LogP contribution in [0.25, 0.3) is 0 Å². The molecule has 1 aromatic carbocycles. The van der Waals surface area contributed by atoms with Crippen LogP contribution in [0.1, 0.15) is 63.6 Å². The number of aliphatic carboxylic acids is 1. The molecule has 1 rings (SSSR count). The van der Waals surface area contributed by atoms with Gasteiger partial charge in [0.1, 0.15) is 0 Å². The third-order valence-corrected chi connectivity index (χ3v) is 5.21. The van der Waals surface area contributed by atoms with Gasteiger partial charge in [0.2, 0.25) is 0 Å². The molecule has 0 heterocycles. The molecule has 0 saturated carbocycles. The summed E-state index contributed by atoms with van der Waals surface area (Å²) in [5.41, 5.74) is 0.242. The monoisotopic (exact) mass is 487 g/mol. The number of aryl methyl sites for hydroxylation is 1. The highest BCUT2D eigenvalue weighted by molar-refractivity contribution is 6.02. The predicted octanol–water partition coefficient (Wildman–Crippen LogP) is 6.82. The third-order valence-electron chi connectivity index (χ3n) is 5.21. The summed E-state index contributed by atoms with van der Waals surface area (Å²) in [7, 11) is 0. The summed E-state index contributed by atoms with van der Waals surface area (Å²) in [6, 6.07) is 3.95. The maximum Gasteiger partial charge on any atom is 0.416 e. The first-order chi connectivity index (χ1) is 16.5. The minimum atomic E-state index is -4.52. The number of hydrogen-bond donors (Lipinski definition) is 1. The van der Waals surface area contributed by atoms with Crippen molar-refractivity contribution in [2.24, 2.45) is 16.0 Å². The van der Waals surface area contributed by atoms with Gasteiger partial charge in [-0.05, 0) is 55.5 Å². The standard InChI is InChI=1S/C27H32F3N3O2/c1-7-12-13-20-14-22(16-23(15-20)27(28,29)30)25(19(6)8-2)32-33(11-5)18-24(26(34)35)21(9-3)17-31-10-4/h3,10-11,14-19H,5,7-8,12-13H2,1-2,4,6H3,(H,34,35)/b21-17+,24-18+,31-10-,32-25+. The summed E-state index contributed by atoms with van der Waals surface area (Å²) in [6.45, 7) is 11.0. The summed E-state index contributed by atoms with van der Waals surface area (Å²) in [6.07, 6.45) is 8.75. The lowest BCUT2D eigenvalue weighted by Crippen LogP contribution is -2.19. The SMILES string of the molecule is C#CC(=C\N=C/C)/C(=C\N(C=C)/N=C(/c1cc(CCCC)cc(C(F)(F)F)c1)C(C)CC)C(=O)O. The number of halogens is 3. The van der Waals surface area contributed by atoms with Crippen molar-refractivity contribution in [2.75, 3.05) is 0 Å². The van der Waals surface area contributed by atoms with Crippen molar-refractivity contribution in [3.63, 3.8) is 0 Å². The van der Waals surface area contributed by atoms with E-state index in [1.807, 2.05) is 20.8 Å². The van der Waals surface area contributed by atoms with Gasteiger partial charge in [-0.1, -0.05) is 39.7 Å². The normalized spacial score (nSPS) is 14.1. The van der Waals surface area contributed by atoms with E-state index in [1.54, 1.807) is 13.0 Å². The van der Waals surface area contributed by atoms with Crippen LogP contribution < -0.4 is 0 Å². The molecule has 0 aliphatic rings. The van der Waals surface area contributed by atoms with E-state index in [0.29, 0.717) is 29.7 Å². The van der Waals surface area contributed by atoms with Crippen LogP contribution in [0.4, 0.5) is 13.2 Å². The van der Waals surface area contributed by atoms with Crippen molar-refractivity contribution in [2.45, 2.75) is 59.6 Å². The van der Waals surface area contributed by atoms with Crippen molar-refractivity contribution in [3.05, 3.63) is 71.2 Å². The van der Waals surface area contributed by atoms with E-state index in [1.165, 1.54) is 30.9 Å². The number of hydrazone groups is 1. The molecule has 0 spiro atoms. The number of carboxylic acid groups (broad SMARTS) is 1. The lowest BCUT2D eigenvalue weighted by Gasteiger charge is -2.20. The van der Waals surface area contributed by atoms with Crippen LogP contribution in [0.15, 0.2) is 64.6 Å². The van der Waals surface area contributed by atoms with Crippen molar-refractivity contribution in [1.82, 2.24) is 5.01 Å². The number of rotatable bonds is 12. The summed E-state index contributed by atoms with van der Waals surface area (Å²) in [5, 5.41) is 15.3. The molecule has 0 bridgehead atoms. The maximum absolute atomic E-state index is 13.7. The molecule has 1 unspecified atom stereocenters. The lowest BCUT2D eigenvalue weighted by molar-refractivity contribution is -0.137. The number of aliphatic imine (C=N–C) groups is 1. The molecule has 0 aromatic heterocycles. The van der Waals surface area contributed by atoms with Crippen LogP contribution in [0.3, 0.4) is 0 Å². The number of benzene rings is 1. The molecule has 5 nitrogen and oxygen atoms in total. The molecule has 0 amide bonds. The number of unbranched alkanes of at least 4 members (excludes halogenated alkanes) is 1. The van der Waals surface area contributed by atoms with Gasteiger partial charge < -0.3 is 5.11 Å². The zero-order chi connectivity index (χ0) is 26.6. The molecule has 35 heavy (non-hydrogen) atoms. The van der Waals surface area contributed by atoms with Gasteiger partial charge >= 0.3 is 12.1 Å². The molecule has 8 heteroatoms. The second-order valence-electron chi connectivity index (χ2n) is 7.82. The summed E-state index contributed by atoms with van der Waals surface area (Å²) >= 11 is 0. The molecule has 1 atom stereocenters. The quantitative estimate of drug-likeness (QED) is 0.116. The fourth-order valence-corrected chi connectivity index (χ4v) is 3.12. The summed E-state index contributed by atoms with van der Waals surface area (Å²) in [5.74, 6) is 0.742.